The van der Waals surface area contributed by atoms with E-state index in [0.717, 1.165) is 23.3 Å². The Morgan fingerprint density at radius 3 is 2.33 bits per heavy atom. The quantitative estimate of drug-likeness (QED) is 0.436. The summed E-state index contributed by atoms with van der Waals surface area (Å²) in [7, 11) is -0.792. The number of esters is 1. The number of sulfonamides is 1. The van der Waals surface area contributed by atoms with E-state index in [9.17, 15) is 18.0 Å². The fourth-order valence-electron chi connectivity index (χ4n) is 3.13. The second-order valence-corrected chi connectivity index (χ2v) is 10.5. The maximum atomic E-state index is 12.8. The van der Waals surface area contributed by atoms with Crippen molar-refractivity contribution in [3.63, 3.8) is 0 Å². The van der Waals surface area contributed by atoms with Gasteiger partial charge in [0.25, 0.3) is 5.91 Å². The number of hydrogen-bond acceptors (Lipinski definition) is 6. The molecule has 174 valence electrons. The van der Waals surface area contributed by atoms with Gasteiger partial charge in [0.05, 0.1) is 17.7 Å². The number of ether oxygens (including phenoxy) is 1. The maximum absolute atomic E-state index is 12.8. The summed E-state index contributed by atoms with van der Waals surface area (Å²) in [6.45, 7) is 2.43. The minimum Gasteiger partial charge on any atom is -0.465 e. The third kappa shape index (κ3) is 5.68. The van der Waals surface area contributed by atoms with Crippen molar-refractivity contribution >= 4 is 38.9 Å². The Bertz CT molecular complexity index is 1220. The molecule has 0 bridgehead atoms. The van der Waals surface area contributed by atoms with Crippen LogP contribution in [0.1, 0.15) is 39.8 Å². The molecule has 0 aliphatic heterocycles. The molecule has 1 amide bonds. The number of unbranched alkanes of at least 4 members (excludes halogenated alkanes) is 1. The molecule has 33 heavy (non-hydrogen) atoms. The SMILES string of the molecule is CCCCN(C)S(=O)(=O)c1ccc(C(=O)Nc2cc(-c3ccccc3)sc2C(=O)OC)cc1. The van der Waals surface area contributed by atoms with Gasteiger partial charge in [-0.25, -0.2) is 17.5 Å². The zero-order chi connectivity index (χ0) is 24.0. The van der Waals surface area contributed by atoms with Crippen LogP contribution in [0.3, 0.4) is 0 Å². The Morgan fingerprint density at radius 2 is 1.73 bits per heavy atom. The Hall–Kier alpha value is -3.01. The van der Waals surface area contributed by atoms with Gasteiger partial charge in [0, 0.05) is 24.0 Å². The number of carbonyl (C=O) groups is 2. The number of rotatable bonds is 9. The lowest BCUT2D eigenvalue weighted by atomic mass is 10.2. The largest absolute Gasteiger partial charge is 0.465 e. The van der Waals surface area contributed by atoms with Crippen LogP contribution >= 0.6 is 11.3 Å². The van der Waals surface area contributed by atoms with Gasteiger partial charge < -0.3 is 10.1 Å². The third-order valence-corrected chi connectivity index (χ3v) is 8.10. The summed E-state index contributed by atoms with van der Waals surface area (Å²) in [4.78, 5) is 26.3. The van der Waals surface area contributed by atoms with E-state index in [1.165, 1.54) is 47.0 Å². The second-order valence-electron chi connectivity index (χ2n) is 7.37. The molecule has 0 spiro atoms. The zero-order valence-corrected chi connectivity index (χ0v) is 20.3. The van der Waals surface area contributed by atoms with Gasteiger partial charge in [-0.15, -0.1) is 11.3 Å². The first kappa shape index (κ1) is 24.6. The van der Waals surface area contributed by atoms with Crippen LogP contribution in [0.4, 0.5) is 5.69 Å². The molecule has 1 heterocycles. The van der Waals surface area contributed by atoms with Crippen molar-refractivity contribution in [1.82, 2.24) is 4.31 Å². The summed E-state index contributed by atoms with van der Waals surface area (Å²) in [6.07, 6.45) is 1.66. The highest BCUT2D eigenvalue weighted by molar-refractivity contribution is 7.89. The van der Waals surface area contributed by atoms with Gasteiger partial charge in [0.2, 0.25) is 10.0 Å². The lowest BCUT2D eigenvalue weighted by Gasteiger charge is -2.17. The molecular formula is C24H26N2O5S2. The van der Waals surface area contributed by atoms with Crippen LogP contribution < -0.4 is 5.32 Å². The molecular weight excluding hydrogens is 460 g/mol. The summed E-state index contributed by atoms with van der Waals surface area (Å²) in [5.74, 6) is -1.00. The minimum absolute atomic E-state index is 0.120. The fourth-order valence-corrected chi connectivity index (χ4v) is 5.37. The van der Waals surface area contributed by atoms with Crippen molar-refractivity contribution in [1.29, 1.82) is 0 Å². The Balaban J connectivity index is 1.83. The lowest BCUT2D eigenvalue weighted by Crippen LogP contribution is -2.28. The van der Waals surface area contributed by atoms with Crippen LogP contribution in [0.15, 0.2) is 65.6 Å². The van der Waals surface area contributed by atoms with Crippen molar-refractivity contribution in [3.05, 3.63) is 71.1 Å². The number of nitrogens with one attached hydrogen (secondary N) is 1. The van der Waals surface area contributed by atoms with Gasteiger partial charge in [-0.05, 0) is 42.3 Å². The number of hydrogen-bond donors (Lipinski definition) is 1. The average Bonchev–Trinajstić information content (AvgIpc) is 3.26. The van der Waals surface area contributed by atoms with E-state index in [2.05, 4.69) is 5.32 Å². The predicted octanol–water partition coefficient (Wildman–Crippen LogP) is 4.87. The van der Waals surface area contributed by atoms with Crippen molar-refractivity contribution in [2.75, 3.05) is 26.0 Å². The van der Waals surface area contributed by atoms with Crippen LogP contribution in [0.25, 0.3) is 10.4 Å². The molecule has 0 aliphatic rings. The van der Waals surface area contributed by atoms with Gasteiger partial charge in [-0.1, -0.05) is 43.7 Å². The summed E-state index contributed by atoms with van der Waals surface area (Å²) < 4.78 is 31.5. The molecule has 3 aromatic rings. The molecule has 0 radical (unpaired) electrons. The third-order valence-electron chi connectivity index (χ3n) is 5.06. The van der Waals surface area contributed by atoms with Crippen LogP contribution in [0.2, 0.25) is 0 Å². The fraction of sp³-hybridized carbons (Fsp3) is 0.250. The van der Waals surface area contributed by atoms with Crippen LogP contribution in [0.5, 0.6) is 0 Å². The van der Waals surface area contributed by atoms with E-state index in [-0.39, 0.29) is 15.3 Å². The molecule has 0 atom stereocenters. The van der Waals surface area contributed by atoms with E-state index in [1.807, 2.05) is 37.3 Å². The van der Waals surface area contributed by atoms with E-state index in [1.54, 1.807) is 13.1 Å². The van der Waals surface area contributed by atoms with E-state index in [0.29, 0.717) is 12.2 Å². The summed E-state index contributed by atoms with van der Waals surface area (Å²) in [5.41, 5.74) is 1.52. The van der Waals surface area contributed by atoms with Crippen molar-refractivity contribution in [2.24, 2.45) is 0 Å². The van der Waals surface area contributed by atoms with Crippen LogP contribution in [-0.4, -0.2) is 45.3 Å². The molecule has 9 heteroatoms. The van der Waals surface area contributed by atoms with Crippen LogP contribution in [0, 0.1) is 0 Å². The summed E-state index contributed by atoms with van der Waals surface area (Å²) in [6, 6.07) is 17.0. The highest BCUT2D eigenvalue weighted by atomic mass is 32.2. The summed E-state index contributed by atoms with van der Waals surface area (Å²) >= 11 is 1.22. The molecule has 2 aromatic carbocycles. The number of carbonyl (C=O) groups excluding carboxylic acids is 2. The Morgan fingerprint density at radius 1 is 1.06 bits per heavy atom. The van der Waals surface area contributed by atoms with Crippen molar-refractivity contribution in [2.45, 2.75) is 24.7 Å². The zero-order valence-electron chi connectivity index (χ0n) is 18.7. The Labute approximate surface area is 198 Å². The highest BCUT2D eigenvalue weighted by Crippen LogP contribution is 2.35. The predicted molar refractivity (Wildman–Crippen MR) is 130 cm³/mol. The molecule has 0 saturated heterocycles. The molecule has 0 saturated carbocycles. The smallest absolute Gasteiger partial charge is 0.350 e. The number of anilines is 1. The lowest BCUT2D eigenvalue weighted by molar-refractivity contribution is 0.0607. The minimum atomic E-state index is -3.62. The number of amides is 1. The van der Waals surface area contributed by atoms with Gasteiger partial charge in [-0.2, -0.15) is 0 Å². The Kier molecular flexibility index (Phi) is 8.01. The standard InChI is InChI=1S/C24H26N2O5S2/c1-4-5-15-26(2)33(29,30)19-13-11-18(12-14-19)23(27)25-20-16-21(17-9-7-6-8-10-17)32-22(20)24(28)31-3/h6-14,16H,4-5,15H2,1-3H3,(H,25,27). The average molecular weight is 487 g/mol. The number of benzene rings is 2. The second kappa shape index (κ2) is 10.7. The normalized spacial score (nSPS) is 11.4. The van der Waals surface area contributed by atoms with Crippen molar-refractivity contribution < 1.29 is 22.7 Å². The highest BCUT2D eigenvalue weighted by Gasteiger charge is 2.22. The molecule has 1 aromatic heterocycles. The number of thiophene rings is 1. The first-order chi connectivity index (χ1) is 15.8. The molecule has 3 rings (SSSR count). The molecule has 1 N–H and O–H groups in total. The molecule has 0 unspecified atom stereocenters. The number of nitrogens with zero attached hydrogens (tertiary/aromatic N) is 1. The topological polar surface area (TPSA) is 92.8 Å². The molecule has 0 aliphatic carbocycles. The molecule has 0 fully saturated rings. The van der Waals surface area contributed by atoms with E-state index < -0.39 is 21.9 Å². The summed E-state index contributed by atoms with van der Waals surface area (Å²) in [5, 5.41) is 2.75. The first-order valence-electron chi connectivity index (χ1n) is 10.4. The van der Waals surface area contributed by atoms with Gasteiger partial charge in [0.15, 0.2) is 0 Å². The van der Waals surface area contributed by atoms with Gasteiger partial charge in [0.1, 0.15) is 4.88 Å². The van der Waals surface area contributed by atoms with Gasteiger partial charge >= 0.3 is 5.97 Å². The maximum Gasteiger partial charge on any atom is 0.350 e. The van der Waals surface area contributed by atoms with Crippen LogP contribution in [-0.2, 0) is 14.8 Å². The number of methoxy groups -OCH3 is 1. The van der Waals surface area contributed by atoms with E-state index >= 15 is 0 Å². The van der Waals surface area contributed by atoms with E-state index in [4.69, 9.17) is 4.74 Å². The monoisotopic (exact) mass is 486 g/mol. The van der Waals surface area contributed by atoms with Gasteiger partial charge in [-0.3, -0.25) is 4.79 Å². The first-order valence-corrected chi connectivity index (χ1v) is 12.7. The van der Waals surface area contributed by atoms with Crippen molar-refractivity contribution in [3.8, 4) is 10.4 Å². The molecule has 7 nitrogen and oxygen atoms in total.